The molecule has 3 aliphatic rings. The summed E-state index contributed by atoms with van der Waals surface area (Å²) in [4.78, 5) is 44.6. The van der Waals surface area contributed by atoms with Crippen molar-refractivity contribution < 1.29 is 38.4 Å². The summed E-state index contributed by atoms with van der Waals surface area (Å²) in [6, 6.07) is 20.5. The fraction of sp³-hybridized carbons (Fsp3) is 0.429. The summed E-state index contributed by atoms with van der Waals surface area (Å²) in [5.41, 5.74) is -4.46. The Balaban J connectivity index is 1.47. The lowest BCUT2D eigenvalue weighted by atomic mass is 9.47. The molecule has 6 rings (SSSR count). The van der Waals surface area contributed by atoms with Crippen molar-refractivity contribution in [2.45, 2.75) is 82.1 Å². The molecule has 9 nitrogen and oxygen atoms in total. The normalized spacial score (nSPS) is 33.5. The summed E-state index contributed by atoms with van der Waals surface area (Å²) < 4.78 is 25.8. The Kier molecular flexibility index (Phi) is 7.37. The summed E-state index contributed by atoms with van der Waals surface area (Å²) in [6.45, 7) is 7.24. The number of aliphatic hydroxyl groups is 1. The Morgan fingerprint density at radius 1 is 0.773 bits per heavy atom. The number of benzene rings is 2. The summed E-state index contributed by atoms with van der Waals surface area (Å²) in [5, 5.41) is 12.3. The van der Waals surface area contributed by atoms with E-state index in [1.165, 1.54) is 6.20 Å². The van der Waals surface area contributed by atoms with Crippen LogP contribution in [0.2, 0.25) is 0 Å². The van der Waals surface area contributed by atoms with Crippen molar-refractivity contribution >= 4 is 17.9 Å². The first kappa shape index (κ1) is 30.0. The number of ether oxygens (including phenoxy) is 4. The maximum Gasteiger partial charge on any atom is 0.340 e. The third kappa shape index (κ3) is 4.61. The average molecular weight is 600 g/mol. The zero-order valence-corrected chi connectivity index (χ0v) is 25.3. The molecule has 0 amide bonds. The molecule has 2 saturated carbocycles. The lowest BCUT2D eigenvalue weighted by molar-refractivity contribution is -0.324. The number of carbonyl (C=O) groups is 3. The Morgan fingerprint density at radius 2 is 1.32 bits per heavy atom. The van der Waals surface area contributed by atoms with Crippen molar-refractivity contribution in [1.82, 2.24) is 4.98 Å². The van der Waals surface area contributed by atoms with Crippen molar-refractivity contribution in [3.8, 4) is 0 Å². The third-order valence-electron chi connectivity index (χ3n) is 10.0. The van der Waals surface area contributed by atoms with Crippen LogP contribution in [0.1, 0.15) is 78.0 Å². The van der Waals surface area contributed by atoms with Crippen LogP contribution in [0.5, 0.6) is 0 Å². The molecule has 3 fully saturated rings. The van der Waals surface area contributed by atoms with Crippen molar-refractivity contribution in [2.24, 2.45) is 11.3 Å². The fourth-order valence-corrected chi connectivity index (χ4v) is 7.80. The molecule has 2 aliphatic carbocycles. The molecular formula is C35H37NO8. The minimum Gasteiger partial charge on any atom is -0.458 e. The molecular weight excluding hydrogens is 562 g/mol. The second-order valence-corrected chi connectivity index (χ2v) is 13.0. The van der Waals surface area contributed by atoms with Gasteiger partial charge in [0.1, 0.15) is 23.9 Å². The van der Waals surface area contributed by atoms with Crippen LogP contribution in [0.15, 0.2) is 85.2 Å². The van der Waals surface area contributed by atoms with Crippen molar-refractivity contribution in [3.63, 3.8) is 0 Å². The maximum absolute atomic E-state index is 13.6. The molecule has 3 aromatic rings. The smallest absolute Gasteiger partial charge is 0.340 e. The van der Waals surface area contributed by atoms with Crippen LogP contribution < -0.4 is 0 Å². The number of fused-ring (bicyclic) bond motifs is 1. The second-order valence-electron chi connectivity index (χ2n) is 13.0. The Morgan fingerprint density at radius 3 is 1.89 bits per heavy atom. The number of hydrogen-bond acceptors (Lipinski definition) is 9. The van der Waals surface area contributed by atoms with Crippen LogP contribution in [0.3, 0.4) is 0 Å². The largest absolute Gasteiger partial charge is 0.458 e. The van der Waals surface area contributed by atoms with E-state index in [0.29, 0.717) is 11.1 Å². The van der Waals surface area contributed by atoms with Gasteiger partial charge in [-0.2, -0.15) is 0 Å². The zero-order valence-electron chi connectivity index (χ0n) is 25.3. The van der Waals surface area contributed by atoms with E-state index in [9.17, 15) is 19.5 Å². The predicted molar refractivity (Wildman–Crippen MR) is 159 cm³/mol. The third-order valence-corrected chi connectivity index (χ3v) is 10.0. The molecule has 1 aromatic heterocycles. The quantitative estimate of drug-likeness (QED) is 0.302. The molecule has 2 bridgehead atoms. The van der Waals surface area contributed by atoms with Gasteiger partial charge in [0, 0.05) is 18.3 Å². The van der Waals surface area contributed by atoms with Gasteiger partial charge in [-0.25, -0.2) is 14.4 Å². The first-order valence-electron chi connectivity index (χ1n) is 15.0. The van der Waals surface area contributed by atoms with E-state index in [1.54, 1.807) is 79.9 Å². The fourth-order valence-electron chi connectivity index (χ4n) is 7.80. The monoisotopic (exact) mass is 599 g/mol. The second kappa shape index (κ2) is 10.8. The number of aromatic nitrogens is 1. The lowest BCUT2D eigenvalue weighted by Gasteiger charge is -2.64. The van der Waals surface area contributed by atoms with Gasteiger partial charge in [-0.15, -0.1) is 0 Å². The van der Waals surface area contributed by atoms with E-state index in [4.69, 9.17) is 18.9 Å². The van der Waals surface area contributed by atoms with Crippen LogP contribution in [0.4, 0.5) is 0 Å². The van der Waals surface area contributed by atoms with Gasteiger partial charge >= 0.3 is 17.9 Å². The zero-order chi connectivity index (χ0) is 31.3. The standard InChI is InChI=1S/C35H37NO8/c1-32(2)25-20-27(42-30(38)23-14-9-6-10-15-23)34(4)26(41-29(37)22-12-7-5-8-13-22)17-18-33(3,40)35(34,44-32)28(25)43-31(39)24-16-11-19-36-21-24/h5-16,19,21,25-28,40H,17-18,20H2,1-4H3/t25-,26?,27?,28?,33+,34+,35+/m1/s1. The van der Waals surface area contributed by atoms with Gasteiger partial charge in [0.2, 0.25) is 0 Å². The highest BCUT2D eigenvalue weighted by Gasteiger charge is 2.82. The van der Waals surface area contributed by atoms with E-state index in [0.717, 1.165) is 0 Å². The van der Waals surface area contributed by atoms with Crippen molar-refractivity contribution in [1.29, 1.82) is 0 Å². The first-order chi connectivity index (χ1) is 20.9. The van der Waals surface area contributed by atoms with Crippen LogP contribution in [0.25, 0.3) is 0 Å². The van der Waals surface area contributed by atoms with Crippen LogP contribution in [-0.2, 0) is 18.9 Å². The number of nitrogens with zero attached hydrogens (tertiary/aromatic N) is 1. The van der Waals surface area contributed by atoms with Gasteiger partial charge < -0.3 is 24.1 Å². The first-order valence-corrected chi connectivity index (χ1v) is 15.0. The SMILES string of the molecule is CC1(C)O[C@]23C(OC(=O)c4cccnc4)[C@H]1CC(OC(=O)c1ccccc1)[C@]2(C)C(OC(=O)c1ccccc1)CC[C@]3(C)O. The van der Waals surface area contributed by atoms with E-state index in [2.05, 4.69) is 4.98 Å². The molecule has 3 unspecified atom stereocenters. The molecule has 44 heavy (non-hydrogen) atoms. The van der Waals surface area contributed by atoms with E-state index in [1.807, 2.05) is 26.8 Å². The number of rotatable bonds is 6. The summed E-state index contributed by atoms with van der Waals surface area (Å²) in [7, 11) is 0. The Labute approximate surface area is 256 Å². The molecule has 7 atom stereocenters. The maximum atomic E-state index is 13.6. The minimum atomic E-state index is -1.62. The van der Waals surface area contributed by atoms with Gasteiger partial charge in [-0.05, 0) is 83.4 Å². The molecule has 9 heteroatoms. The molecule has 1 N–H and O–H groups in total. The predicted octanol–water partition coefficient (Wildman–Crippen LogP) is 5.18. The summed E-state index contributed by atoms with van der Waals surface area (Å²) >= 11 is 0. The molecule has 1 saturated heterocycles. The van der Waals surface area contributed by atoms with Gasteiger partial charge in [0.05, 0.1) is 33.3 Å². The molecule has 2 aromatic carbocycles. The summed E-state index contributed by atoms with van der Waals surface area (Å²) in [5.74, 6) is -2.19. The van der Waals surface area contributed by atoms with Crippen LogP contribution in [0, 0.1) is 11.3 Å². The number of carbonyl (C=O) groups excluding carboxylic acids is 3. The topological polar surface area (TPSA) is 121 Å². The molecule has 0 radical (unpaired) electrons. The number of pyridine rings is 1. The van der Waals surface area contributed by atoms with Gasteiger partial charge in [0.25, 0.3) is 0 Å². The highest BCUT2D eigenvalue weighted by atomic mass is 16.6. The molecule has 1 spiro atoms. The average Bonchev–Trinajstić information content (AvgIpc) is 3.20. The van der Waals surface area contributed by atoms with E-state index < -0.39 is 64.4 Å². The Hall–Kier alpha value is -4.08. The highest BCUT2D eigenvalue weighted by molar-refractivity contribution is 5.90. The number of esters is 3. The highest BCUT2D eigenvalue weighted by Crippen LogP contribution is 2.68. The van der Waals surface area contributed by atoms with E-state index >= 15 is 0 Å². The van der Waals surface area contributed by atoms with Crippen LogP contribution >= 0.6 is 0 Å². The van der Waals surface area contributed by atoms with Gasteiger partial charge in [-0.3, -0.25) is 4.98 Å². The molecule has 230 valence electrons. The Bertz CT molecular complexity index is 1540. The minimum absolute atomic E-state index is 0.179. The van der Waals surface area contributed by atoms with Gasteiger partial charge in [-0.1, -0.05) is 36.4 Å². The van der Waals surface area contributed by atoms with Crippen molar-refractivity contribution in [3.05, 3.63) is 102 Å². The lowest BCUT2D eigenvalue weighted by Crippen LogP contribution is -2.79. The van der Waals surface area contributed by atoms with Crippen molar-refractivity contribution in [2.75, 3.05) is 0 Å². The number of hydrogen-bond donors (Lipinski definition) is 1. The molecule has 1 aliphatic heterocycles. The van der Waals surface area contributed by atoms with E-state index in [-0.39, 0.29) is 24.8 Å². The molecule has 2 heterocycles. The summed E-state index contributed by atoms with van der Waals surface area (Å²) in [6.07, 6.45) is 0.976. The van der Waals surface area contributed by atoms with Crippen LogP contribution in [-0.4, -0.2) is 63.1 Å². The van der Waals surface area contributed by atoms with Gasteiger partial charge in [0.15, 0.2) is 0 Å².